The highest BCUT2D eigenvalue weighted by Crippen LogP contribution is 2.31. The first-order valence-corrected chi connectivity index (χ1v) is 6.35. The molecule has 1 amide bonds. The van der Waals surface area contributed by atoms with Gasteiger partial charge in [-0.1, -0.05) is 13.8 Å². The summed E-state index contributed by atoms with van der Waals surface area (Å²) in [6.45, 7) is 4.27. The van der Waals surface area contributed by atoms with Crippen molar-refractivity contribution in [3.05, 3.63) is 34.9 Å². The minimum absolute atomic E-state index is 0.0442. The molecule has 20 heavy (non-hydrogen) atoms. The van der Waals surface area contributed by atoms with Gasteiger partial charge in [-0.2, -0.15) is 10.4 Å². The van der Waals surface area contributed by atoms with Crippen LogP contribution >= 0.6 is 0 Å². The van der Waals surface area contributed by atoms with E-state index in [-0.39, 0.29) is 11.8 Å². The average molecular weight is 270 g/mol. The van der Waals surface area contributed by atoms with Crippen LogP contribution in [0.1, 0.15) is 19.5 Å². The monoisotopic (exact) mass is 270 g/mol. The van der Waals surface area contributed by atoms with Crippen molar-refractivity contribution in [2.24, 2.45) is 5.92 Å². The smallest absolute Gasteiger partial charge is 0.272 e. The Labute approximate surface area is 115 Å². The molecule has 0 aromatic carbocycles. The third kappa shape index (κ3) is 1.70. The van der Waals surface area contributed by atoms with Gasteiger partial charge in [-0.25, -0.2) is 10.4 Å². The van der Waals surface area contributed by atoms with E-state index in [0.717, 1.165) is 5.69 Å². The molecule has 0 spiro atoms. The highest BCUT2D eigenvalue weighted by Gasteiger charge is 2.37. The highest BCUT2D eigenvalue weighted by atomic mass is 16.2. The summed E-state index contributed by atoms with van der Waals surface area (Å²) < 4.78 is 0. The third-order valence-electron chi connectivity index (χ3n) is 3.35. The number of amides is 1. The lowest BCUT2D eigenvalue weighted by Gasteiger charge is -2.31. The van der Waals surface area contributed by atoms with Crippen molar-refractivity contribution in [2.75, 3.05) is 6.54 Å². The number of hydrogen-bond acceptors (Lipinski definition) is 5. The molecule has 2 aliphatic heterocycles. The Morgan fingerprint density at radius 1 is 1.50 bits per heavy atom. The Morgan fingerprint density at radius 3 is 2.90 bits per heavy atom. The number of carbonyl (C=O) groups excluding carboxylic acids is 1. The Bertz CT molecular complexity index is 662. The Hall–Kier alpha value is -2.59. The second kappa shape index (κ2) is 4.51. The van der Waals surface area contributed by atoms with Crippen molar-refractivity contribution in [3.8, 4) is 6.07 Å². The summed E-state index contributed by atoms with van der Waals surface area (Å²) in [5, 5.41) is 20.5. The van der Waals surface area contributed by atoms with E-state index in [0.29, 0.717) is 29.2 Å². The van der Waals surface area contributed by atoms with Crippen LogP contribution in [0.25, 0.3) is 5.70 Å². The zero-order chi connectivity index (χ0) is 14.3. The second-order valence-electron chi connectivity index (χ2n) is 4.95. The van der Waals surface area contributed by atoms with Gasteiger partial charge in [-0.3, -0.25) is 9.89 Å². The van der Waals surface area contributed by atoms with Crippen LogP contribution in [0.4, 0.5) is 0 Å². The summed E-state index contributed by atoms with van der Waals surface area (Å²) in [5.41, 5.74) is 5.51. The molecule has 3 N–H and O–H groups in total. The molecule has 0 unspecified atom stereocenters. The molecule has 2 aliphatic rings. The number of aromatic nitrogens is 2. The number of nitriles is 1. The summed E-state index contributed by atoms with van der Waals surface area (Å²) in [6.07, 6.45) is 1.63. The quantitative estimate of drug-likeness (QED) is 0.725. The normalized spacial score (nSPS) is 18.5. The lowest BCUT2D eigenvalue weighted by atomic mass is 9.96. The molecule has 0 aliphatic carbocycles. The van der Waals surface area contributed by atoms with E-state index in [4.69, 9.17) is 5.26 Å². The van der Waals surface area contributed by atoms with Gasteiger partial charge in [-0.15, -0.1) is 0 Å². The second-order valence-corrected chi connectivity index (χ2v) is 4.95. The van der Waals surface area contributed by atoms with Crippen molar-refractivity contribution >= 4 is 11.6 Å². The van der Waals surface area contributed by atoms with Crippen molar-refractivity contribution in [2.45, 2.75) is 13.8 Å². The topological polar surface area (TPSA) is 96.8 Å². The molecule has 0 atom stereocenters. The molecular weight excluding hydrogens is 256 g/mol. The fourth-order valence-electron chi connectivity index (χ4n) is 2.41. The molecule has 7 nitrogen and oxygen atoms in total. The first-order valence-electron chi connectivity index (χ1n) is 6.35. The first-order chi connectivity index (χ1) is 9.63. The van der Waals surface area contributed by atoms with Gasteiger partial charge in [0.05, 0.1) is 29.6 Å². The summed E-state index contributed by atoms with van der Waals surface area (Å²) in [6, 6.07) is 3.90. The summed E-state index contributed by atoms with van der Waals surface area (Å²) in [7, 11) is 0. The van der Waals surface area contributed by atoms with E-state index in [1.165, 1.54) is 5.01 Å². The van der Waals surface area contributed by atoms with Crippen LogP contribution in [-0.2, 0) is 4.79 Å². The molecule has 3 heterocycles. The SMILES string of the molecule is CC(C)C1=C(c2ccn[nH]2)NC2=C(C#N)CNN2C1=O. The van der Waals surface area contributed by atoms with E-state index in [1.807, 2.05) is 13.8 Å². The highest BCUT2D eigenvalue weighted by molar-refractivity contribution is 6.04. The van der Waals surface area contributed by atoms with Gasteiger partial charge in [0.1, 0.15) is 5.82 Å². The molecule has 0 saturated heterocycles. The van der Waals surface area contributed by atoms with Crippen LogP contribution in [0.2, 0.25) is 0 Å². The molecule has 0 radical (unpaired) electrons. The molecular formula is C13H14N6O. The van der Waals surface area contributed by atoms with Gasteiger partial charge in [0.15, 0.2) is 0 Å². The Morgan fingerprint density at radius 2 is 2.30 bits per heavy atom. The van der Waals surface area contributed by atoms with Gasteiger partial charge in [0, 0.05) is 11.8 Å². The van der Waals surface area contributed by atoms with E-state index < -0.39 is 0 Å². The number of hydrogen-bond donors (Lipinski definition) is 3. The molecule has 0 saturated carbocycles. The van der Waals surface area contributed by atoms with Crippen molar-refractivity contribution in [1.29, 1.82) is 5.26 Å². The van der Waals surface area contributed by atoms with Crippen LogP contribution < -0.4 is 10.7 Å². The van der Waals surface area contributed by atoms with Crippen LogP contribution in [-0.4, -0.2) is 27.7 Å². The zero-order valence-electron chi connectivity index (χ0n) is 11.2. The van der Waals surface area contributed by atoms with Crippen LogP contribution in [0.5, 0.6) is 0 Å². The number of fused-ring (bicyclic) bond motifs is 1. The minimum Gasteiger partial charge on any atom is -0.337 e. The van der Waals surface area contributed by atoms with Crippen LogP contribution in [0.3, 0.4) is 0 Å². The van der Waals surface area contributed by atoms with Crippen molar-refractivity contribution in [1.82, 2.24) is 25.9 Å². The molecule has 7 heteroatoms. The number of aromatic amines is 1. The number of nitrogens with zero attached hydrogens (tertiary/aromatic N) is 3. The van der Waals surface area contributed by atoms with E-state index in [1.54, 1.807) is 12.3 Å². The number of nitrogens with one attached hydrogen (secondary N) is 3. The summed E-state index contributed by atoms with van der Waals surface area (Å²) in [5.74, 6) is 0.415. The van der Waals surface area contributed by atoms with Gasteiger partial charge in [0.25, 0.3) is 5.91 Å². The maximum absolute atomic E-state index is 12.6. The minimum atomic E-state index is -0.136. The molecule has 3 rings (SSSR count). The van der Waals surface area contributed by atoms with Gasteiger partial charge in [0.2, 0.25) is 0 Å². The van der Waals surface area contributed by atoms with Gasteiger partial charge < -0.3 is 5.32 Å². The average Bonchev–Trinajstić information content (AvgIpc) is 3.07. The molecule has 1 aromatic heterocycles. The third-order valence-corrected chi connectivity index (χ3v) is 3.35. The van der Waals surface area contributed by atoms with Gasteiger partial charge >= 0.3 is 0 Å². The van der Waals surface area contributed by atoms with Crippen molar-refractivity contribution < 1.29 is 4.79 Å². The predicted molar refractivity (Wildman–Crippen MR) is 71.0 cm³/mol. The Kier molecular flexibility index (Phi) is 2.80. The molecule has 0 fully saturated rings. The summed E-state index contributed by atoms with van der Waals surface area (Å²) >= 11 is 0. The van der Waals surface area contributed by atoms with E-state index in [2.05, 4.69) is 27.0 Å². The van der Waals surface area contributed by atoms with Crippen LogP contribution in [0, 0.1) is 17.2 Å². The lowest BCUT2D eigenvalue weighted by Crippen LogP contribution is -2.47. The van der Waals surface area contributed by atoms with E-state index in [9.17, 15) is 4.79 Å². The number of H-pyrrole nitrogens is 1. The number of carbonyl (C=O) groups is 1. The zero-order valence-corrected chi connectivity index (χ0v) is 11.2. The maximum Gasteiger partial charge on any atom is 0.272 e. The predicted octanol–water partition coefficient (Wildman–Crippen LogP) is 0.462. The van der Waals surface area contributed by atoms with Gasteiger partial charge in [-0.05, 0) is 12.0 Å². The standard InChI is InChI=1S/C13H14N6O/c1-7(2)10-11(9-3-4-15-18-9)17-12-8(5-14)6-16-19(12)13(10)20/h3-4,7,16-17H,6H2,1-2H3,(H,15,18). The van der Waals surface area contributed by atoms with Crippen LogP contribution in [0.15, 0.2) is 29.2 Å². The number of hydrazine groups is 1. The number of rotatable bonds is 2. The molecule has 0 bridgehead atoms. The molecule has 102 valence electrons. The largest absolute Gasteiger partial charge is 0.337 e. The summed E-state index contributed by atoms with van der Waals surface area (Å²) in [4.78, 5) is 12.6. The molecule has 1 aromatic rings. The van der Waals surface area contributed by atoms with E-state index >= 15 is 0 Å². The maximum atomic E-state index is 12.6. The Balaban J connectivity index is 2.17. The lowest BCUT2D eigenvalue weighted by molar-refractivity contribution is -0.128. The fraction of sp³-hybridized carbons (Fsp3) is 0.308. The van der Waals surface area contributed by atoms with Crippen molar-refractivity contribution in [3.63, 3.8) is 0 Å². The first kappa shape index (κ1) is 12.4. The fourth-order valence-corrected chi connectivity index (χ4v) is 2.41.